The maximum absolute atomic E-state index is 12.4. The van der Waals surface area contributed by atoms with Gasteiger partial charge in [-0.25, -0.2) is 8.42 Å². The van der Waals surface area contributed by atoms with Crippen molar-refractivity contribution in [2.24, 2.45) is 5.92 Å². The number of para-hydroxylation sites is 2. The molecule has 0 atom stereocenters. The van der Waals surface area contributed by atoms with Crippen molar-refractivity contribution in [3.05, 3.63) is 24.3 Å². The van der Waals surface area contributed by atoms with Gasteiger partial charge in [-0.15, -0.1) is 10.2 Å². The number of methoxy groups -OCH3 is 1. The Morgan fingerprint density at radius 3 is 2.67 bits per heavy atom. The van der Waals surface area contributed by atoms with Crippen LogP contribution in [0.25, 0.3) is 0 Å². The summed E-state index contributed by atoms with van der Waals surface area (Å²) >= 11 is 2.82. The third kappa shape index (κ3) is 6.36. The second-order valence-corrected chi connectivity index (χ2v) is 10.2. The molecule has 27 heavy (non-hydrogen) atoms. The number of hydrogen-bond donors (Lipinski definition) is 1. The van der Waals surface area contributed by atoms with E-state index in [-0.39, 0.29) is 0 Å². The Balaban J connectivity index is 2.11. The molecule has 0 aliphatic carbocycles. The van der Waals surface area contributed by atoms with E-state index in [0.717, 1.165) is 20.7 Å². The number of ether oxygens (including phenoxy) is 1. The molecule has 0 unspecified atom stereocenters. The first kappa shape index (κ1) is 21.5. The zero-order valence-electron chi connectivity index (χ0n) is 15.5. The molecule has 0 saturated carbocycles. The monoisotopic (exact) mass is 430 g/mol. The van der Waals surface area contributed by atoms with Crippen LogP contribution in [-0.2, 0) is 14.8 Å². The Hall–Kier alpha value is -1.85. The highest BCUT2D eigenvalue weighted by Crippen LogP contribution is 2.30. The molecule has 0 fully saturated rings. The molecule has 0 aliphatic heterocycles. The highest BCUT2D eigenvalue weighted by atomic mass is 32.2. The Kier molecular flexibility index (Phi) is 7.45. The zero-order chi connectivity index (χ0) is 20.0. The number of carbonyl (C=O) groups is 1. The van der Waals surface area contributed by atoms with Crippen LogP contribution in [0.15, 0.2) is 28.6 Å². The number of rotatable bonds is 9. The van der Waals surface area contributed by atoms with Crippen molar-refractivity contribution < 1.29 is 17.9 Å². The quantitative estimate of drug-likeness (QED) is 0.482. The Morgan fingerprint density at radius 2 is 2.04 bits per heavy atom. The van der Waals surface area contributed by atoms with E-state index < -0.39 is 22.5 Å². The lowest BCUT2D eigenvalue weighted by Gasteiger charge is -2.23. The molecule has 1 amide bonds. The molecule has 0 bridgehead atoms. The van der Waals surface area contributed by atoms with Crippen LogP contribution >= 0.6 is 23.1 Å². The standard InChI is InChI=1S/C16H22N4O4S3/c1-11(2)10-25-16-19-18-15(26-16)17-14(21)9-20(27(4,22)23)12-7-5-6-8-13(12)24-3/h5-8,11H,9-10H2,1-4H3,(H,17,18,21). The maximum Gasteiger partial charge on any atom is 0.246 e. The predicted molar refractivity (Wildman–Crippen MR) is 109 cm³/mol. The molecule has 0 spiro atoms. The molecule has 1 heterocycles. The number of nitrogens with one attached hydrogen (secondary N) is 1. The van der Waals surface area contributed by atoms with Gasteiger partial charge in [0.15, 0.2) is 4.34 Å². The normalized spacial score (nSPS) is 11.4. The summed E-state index contributed by atoms with van der Waals surface area (Å²) in [6.07, 6.45) is 1.04. The van der Waals surface area contributed by atoms with Gasteiger partial charge >= 0.3 is 0 Å². The SMILES string of the molecule is COc1ccccc1N(CC(=O)Nc1nnc(SCC(C)C)s1)S(C)(=O)=O. The molecule has 2 rings (SSSR count). The second-order valence-electron chi connectivity index (χ2n) is 6.07. The third-order valence-corrected chi connectivity index (χ3v) is 6.76. The topological polar surface area (TPSA) is 101 Å². The number of amides is 1. The molecule has 8 nitrogen and oxygen atoms in total. The van der Waals surface area contributed by atoms with Gasteiger partial charge in [0, 0.05) is 5.75 Å². The summed E-state index contributed by atoms with van der Waals surface area (Å²) in [6, 6.07) is 6.62. The predicted octanol–water partition coefficient (Wildman–Crippen LogP) is 2.70. The lowest BCUT2D eigenvalue weighted by atomic mass is 10.3. The highest BCUT2D eigenvalue weighted by molar-refractivity contribution is 8.01. The van der Waals surface area contributed by atoms with Crippen molar-refractivity contribution >= 4 is 49.8 Å². The van der Waals surface area contributed by atoms with Gasteiger partial charge in [-0.2, -0.15) is 0 Å². The van der Waals surface area contributed by atoms with Crippen molar-refractivity contribution in [3.8, 4) is 5.75 Å². The van der Waals surface area contributed by atoms with Crippen molar-refractivity contribution in [3.63, 3.8) is 0 Å². The summed E-state index contributed by atoms with van der Waals surface area (Å²) in [5.74, 6) is 1.26. The number of sulfonamides is 1. The first-order valence-electron chi connectivity index (χ1n) is 8.07. The summed E-state index contributed by atoms with van der Waals surface area (Å²) in [5, 5.41) is 10.9. The van der Waals surface area contributed by atoms with E-state index in [9.17, 15) is 13.2 Å². The highest BCUT2D eigenvalue weighted by Gasteiger charge is 2.24. The van der Waals surface area contributed by atoms with Crippen molar-refractivity contribution in [1.29, 1.82) is 0 Å². The number of anilines is 2. The fourth-order valence-corrected chi connectivity index (χ4v) is 4.67. The van der Waals surface area contributed by atoms with E-state index in [1.54, 1.807) is 36.0 Å². The van der Waals surface area contributed by atoms with Crippen LogP contribution in [0.5, 0.6) is 5.75 Å². The van der Waals surface area contributed by atoms with Gasteiger partial charge in [0.1, 0.15) is 12.3 Å². The summed E-state index contributed by atoms with van der Waals surface area (Å²) in [5.41, 5.74) is 0.295. The second kappa shape index (κ2) is 9.38. The summed E-state index contributed by atoms with van der Waals surface area (Å²) < 4.78 is 31.4. The first-order valence-corrected chi connectivity index (χ1v) is 11.7. The average molecular weight is 431 g/mol. The van der Waals surface area contributed by atoms with Crippen LogP contribution in [0.4, 0.5) is 10.8 Å². The van der Waals surface area contributed by atoms with Crippen molar-refractivity contribution in [2.45, 2.75) is 18.2 Å². The minimum absolute atomic E-state index is 0.295. The largest absolute Gasteiger partial charge is 0.495 e. The summed E-state index contributed by atoms with van der Waals surface area (Å²) in [4.78, 5) is 12.4. The van der Waals surface area contributed by atoms with Gasteiger partial charge in [-0.3, -0.25) is 14.4 Å². The average Bonchev–Trinajstić information content (AvgIpc) is 3.04. The first-order chi connectivity index (χ1) is 12.7. The molecule has 0 aliphatic rings. The number of aromatic nitrogens is 2. The van der Waals surface area contributed by atoms with Crippen LogP contribution < -0.4 is 14.4 Å². The maximum atomic E-state index is 12.4. The lowest BCUT2D eigenvalue weighted by Crippen LogP contribution is -2.37. The van der Waals surface area contributed by atoms with Gasteiger partial charge < -0.3 is 4.74 Å². The van der Waals surface area contributed by atoms with Crippen LogP contribution in [0.3, 0.4) is 0 Å². The molecular weight excluding hydrogens is 408 g/mol. The van der Waals surface area contributed by atoms with Crippen LogP contribution in [-0.4, -0.2) is 50.2 Å². The van der Waals surface area contributed by atoms with E-state index in [1.165, 1.54) is 18.4 Å². The number of carbonyl (C=O) groups excluding carboxylic acids is 1. The van der Waals surface area contributed by atoms with E-state index in [0.29, 0.717) is 22.5 Å². The van der Waals surface area contributed by atoms with Gasteiger partial charge in [-0.05, 0) is 18.1 Å². The van der Waals surface area contributed by atoms with E-state index in [2.05, 4.69) is 29.4 Å². The number of thioether (sulfide) groups is 1. The Labute approximate surface area is 167 Å². The van der Waals surface area contributed by atoms with Gasteiger partial charge in [0.2, 0.25) is 21.1 Å². The van der Waals surface area contributed by atoms with Crippen LogP contribution in [0, 0.1) is 5.92 Å². The van der Waals surface area contributed by atoms with E-state index >= 15 is 0 Å². The number of nitrogens with zero attached hydrogens (tertiary/aromatic N) is 3. The summed E-state index contributed by atoms with van der Waals surface area (Å²) in [7, 11) is -2.25. The lowest BCUT2D eigenvalue weighted by molar-refractivity contribution is -0.114. The number of hydrogen-bond acceptors (Lipinski definition) is 8. The molecule has 1 aromatic heterocycles. The third-order valence-electron chi connectivity index (χ3n) is 3.23. The fraction of sp³-hybridized carbons (Fsp3) is 0.438. The van der Waals surface area contributed by atoms with Crippen molar-refractivity contribution in [1.82, 2.24) is 10.2 Å². The fourth-order valence-electron chi connectivity index (χ4n) is 2.06. The molecule has 0 saturated heterocycles. The molecule has 2 aromatic rings. The Morgan fingerprint density at radius 1 is 1.33 bits per heavy atom. The molecule has 11 heteroatoms. The summed E-state index contributed by atoms with van der Waals surface area (Å²) in [6.45, 7) is 3.82. The van der Waals surface area contributed by atoms with Crippen LogP contribution in [0.2, 0.25) is 0 Å². The molecule has 1 N–H and O–H groups in total. The molecular formula is C16H22N4O4S3. The van der Waals surface area contributed by atoms with Gasteiger partial charge in [0.05, 0.1) is 19.1 Å². The van der Waals surface area contributed by atoms with Gasteiger partial charge in [-0.1, -0.05) is 49.1 Å². The minimum Gasteiger partial charge on any atom is -0.495 e. The van der Waals surface area contributed by atoms with Crippen molar-refractivity contribution in [2.75, 3.05) is 35.3 Å². The minimum atomic E-state index is -3.70. The molecule has 1 aromatic carbocycles. The van der Waals surface area contributed by atoms with E-state index in [4.69, 9.17) is 4.74 Å². The zero-order valence-corrected chi connectivity index (χ0v) is 17.9. The molecule has 148 valence electrons. The smallest absolute Gasteiger partial charge is 0.246 e. The van der Waals surface area contributed by atoms with E-state index in [1.807, 2.05) is 0 Å². The Bertz CT molecular complexity index is 883. The number of benzene rings is 1. The van der Waals surface area contributed by atoms with Crippen LogP contribution in [0.1, 0.15) is 13.8 Å². The molecule has 0 radical (unpaired) electrons. The van der Waals surface area contributed by atoms with Gasteiger partial charge in [0.25, 0.3) is 0 Å².